The van der Waals surface area contributed by atoms with E-state index in [4.69, 9.17) is 9.47 Å². The molecule has 1 saturated heterocycles. The Morgan fingerprint density at radius 2 is 1.97 bits per heavy atom. The summed E-state index contributed by atoms with van der Waals surface area (Å²) in [6.07, 6.45) is 3.61. The van der Waals surface area contributed by atoms with Crippen molar-refractivity contribution in [3.63, 3.8) is 0 Å². The van der Waals surface area contributed by atoms with Gasteiger partial charge in [0, 0.05) is 29.4 Å². The molecule has 2 heterocycles. The number of thioether (sulfide) groups is 1. The average molecular weight is 541 g/mol. The number of fused-ring (bicyclic) bond motifs is 1. The molecule has 1 aliphatic heterocycles. The van der Waals surface area contributed by atoms with Crippen LogP contribution in [0.4, 0.5) is 4.39 Å². The van der Waals surface area contributed by atoms with Crippen LogP contribution < -0.4 is 9.47 Å². The lowest BCUT2D eigenvalue weighted by Crippen LogP contribution is -2.42. The highest BCUT2D eigenvalue weighted by Gasteiger charge is 2.31. The SMILES string of the molecule is COc1cccc(SCCCN2CC[C@@H](CC[C@@H](F)c3ccnc4ccc(OC)cc34)[C@@H](CC(=O)O)C2)c1. The van der Waals surface area contributed by atoms with Crippen LogP contribution >= 0.6 is 11.8 Å². The van der Waals surface area contributed by atoms with Crippen molar-refractivity contribution >= 4 is 28.6 Å². The van der Waals surface area contributed by atoms with Crippen LogP contribution in [0.2, 0.25) is 0 Å². The number of rotatable bonds is 13. The zero-order chi connectivity index (χ0) is 26.9. The second-order valence-electron chi connectivity index (χ2n) is 9.92. The van der Waals surface area contributed by atoms with Gasteiger partial charge in [-0.25, -0.2) is 4.39 Å². The number of pyridine rings is 1. The summed E-state index contributed by atoms with van der Waals surface area (Å²) < 4.78 is 26.1. The molecule has 8 heteroatoms. The number of hydrogen-bond acceptors (Lipinski definition) is 6. The second-order valence-corrected chi connectivity index (χ2v) is 11.1. The lowest BCUT2D eigenvalue weighted by molar-refractivity contribution is -0.139. The largest absolute Gasteiger partial charge is 0.497 e. The van der Waals surface area contributed by atoms with E-state index in [1.807, 2.05) is 48.2 Å². The fourth-order valence-corrected chi connectivity index (χ4v) is 6.31. The van der Waals surface area contributed by atoms with E-state index in [0.717, 1.165) is 54.9 Å². The van der Waals surface area contributed by atoms with Crippen molar-refractivity contribution < 1.29 is 23.8 Å². The van der Waals surface area contributed by atoms with E-state index in [1.54, 1.807) is 26.5 Å². The first-order valence-corrected chi connectivity index (χ1v) is 14.2. The number of carboxylic acid groups (broad SMARTS) is 1. The lowest BCUT2D eigenvalue weighted by atomic mass is 9.79. The van der Waals surface area contributed by atoms with Gasteiger partial charge >= 0.3 is 5.97 Å². The number of aromatic nitrogens is 1. The highest BCUT2D eigenvalue weighted by atomic mass is 32.2. The lowest BCUT2D eigenvalue weighted by Gasteiger charge is -2.38. The monoisotopic (exact) mass is 540 g/mol. The molecule has 0 radical (unpaired) electrons. The van der Waals surface area contributed by atoms with Gasteiger partial charge in [-0.3, -0.25) is 9.78 Å². The molecule has 1 N–H and O–H groups in total. The van der Waals surface area contributed by atoms with Gasteiger partial charge in [0.25, 0.3) is 0 Å². The third-order valence-corrected chi connectivity index (χ3v) is 8.53. The molecule has 0 amide bonds. The van der Waals surface area contributed by atoms with E-state index in [2.05, 4.69) is 16.0 Å². The number of likely N-dealkylation sites (tertiary alicyclic amines) is 1. The summed E-state index contributed by atoms with van der Waals surface area (Å²) in [6, 6.07) is 15.3. The number of halogens is 1. The highest BCUT2D eigenvalue weighted by molar-refractivity contribution is 7.99. The molecule has 204 valence electrons. The topological polar surface area (TPSA) is 71.9 Å². The van der Waals surface area contributed by atoms with Crippen molar-refractivity contribution in [3.8, 4) is 11.5 Å². The molecule has 0 aliphatic carbocycles. The molecular formula is C30H37FN2O4S. The molecule has 38 heavy (non-hydrogen) atoms. The summed E-state index contributed by atoms with van der Waals surface area (Å²) in [4.78, 5) is 19.6. The Bertz CT molecular complexity index is 1210. The number of methoxy groups -OCH3 is 2. The maximum absolute atomic E-state index is 15.5. The molecule has 1 fully saturated rings. The van der Waals surface area contributed by atoms with Crippen LogP contribution in [0.1, 0.15) is 43.8 Å². The Morgan fingerprint density at radius 3 is 2.76 bits per heavy atom. The first-order valence-electron chi connectivity index (χ1n) is 13.2. The summed E-state index contributed by atoms with van der Waals surface area (Å²) in [6.45, 7) is 2.63. The van der Waals surface area contributed by atoms with Gasteiger partial charge < -0.3 is 19.5 Å². The zero-order valence-electron chi connectivity index (χ0n) is 22.1. The number of carboxylic acids is 1. The minimum absolute atomic E-state index is 0.0359. The zero-order valence-corrected chi connectivity index (χ0v) is 23.0. The minimum Gasteiger partial charge on any atom is -0.497 e. The first kappa shape index (κ1) is 28.2. The van der Waals surface area contributed by atoms with Gasteiger partial charge in [-0.1, -0.05) is 6.07 Å². The third kappa shape index (κ3) is 7.60. The molecule has 4 rings (SSSR count). The highest BCUT2D eigenvalue weighted by Crippen LogP contribution is 2.36. The average Bonchev–Trinajstić information content (AvgIpc) is 2.93. The number of piperidine rings is 1. The Kier molecular flexibility index (Phi) is 10.2. The van der Waals surface area contributed by atoms with Crippen molar-refractivity contribution in [3.05, 3.63) is 60.3 Å². The molecule has 0 saturated carbocycles. The number of nitrogens with zero attached hydrogens (tertiary/aromatic N) is 2. The Balaban J connectivity index is 1.30. The predicted octanol–water partition coefficient (Wildman–Crippen LogP) is 6.64. The molecule has 1 aliphatic rings. The van der Waals surface area contributed by atoms with Crippen molar-refractivity contribution in [2.24, 2.45) is 11.8 Å². The number of carbonyl (C=O) groups is 1. The van der Waals surface area contributed by atoms with Crippen molar-refractivity contribution in [2.45, 2.75) is 43.2 Å². The van der Waals surface area contributed by atoms with Crippen molar-refractivity contribution in [1.29, 1.82) is 0 Å². The van der Waals surface area contributed by atoms with Crippen molar-refractivity contribution in [2.75, 3.05) is 39.6 Å². The minimum atomic E-state index is -1.13. The molecule has 0 spiro atoms. The van der Waals surface area contributed by atoms with Crippen LogP contribution in [0, 0.1) is 11.8 Å². The van der Waals surface area contributed by atoms with Gasteiger partial charge in [-0.05, 0) is 104 Å². The van der Waals surface area contributed by atoms with Gasteiger partial charge in [0.2, 0.25) is 0 Å². The quantitative estimate of drug-likeness (QED) is 0.193. The molecular weight excluding hydrogens is 503 g/mol. The van der Waals surface area contributed by atoms with Gasteiger partial charge in [0.15, 0.2) is 0 Å². The third-order valence-electron chi connectivity index (χ3n) is 7.45. The van der Waals surface area contributed by atoms with Crippen LogP contribution in [0.5, 0.6) is 11.5 Å². The van der Waals surface area contributed by atoms with Crippen LogP contribution in [0.25, 0.3) is 10.9 Å². The van der Waals surface area contributed by atoms with Gasteiger partial charge in [-0.2, -0.15) is 0 Å². The first-order chi connectivity index (χ1) is 18.5. The van der Waals surface area contributed by atoms with Crippen LogP contribution in [0.15, 0.2) is 59.6 Å². The molecule has 0 bridgehead atoms. The summed E-state index contributed by atoms with van der Waals surface area (Å²) >= 11 is 1.81. The van der Waals surface area contributed by atoms with E-state index < -0.39 is 12.1 Å². The fourth-order valence-electron chi connectivity index (χ4n) is 5.43. The number of hydrogen-bond donors (Lipinski definition) is 1. The maximum Gasteiger partial charge on any atom is 0.303 e. The van der Waals surface area contributed by atoms with E-state index in [1.165, 1.54) is 4.90 Å². The Labute approximate surface area is 228 Å². The number of aliphatic carboxylic acids is 1. The normalized spacial score (nSPS) is 18.8. The Hall–Kier alpha value is -2.84. The van der Waals surface area contributed by atoms with Gasteiger partial charge in [0.05, 0.1) is 19.7 Å². The summed E-state index contributed by atoms with van der Waals surface area (Å²) in [7, 11) is 3.27. The molecule has 3 atom stereocenters. The summed E-state index contributed by atoms with van der Waals surface area (Å²) in [5, 5.41) is 10.3. The van der Waals surface area contributed by atoms with Crippen LogP contribution in [0.3, 0.4) is 0 Å². The number of alkyl halides is 1. The maximum atomic E-state index is 15.5. The van der Waals surface area contributed by atoms with E-state index in [-0.39, 0.29) is 18.3 Å². The fraction of sp³-hybridized carbons (Fsp3) is 0.467. The summed E-state index contributed by atoms with van der Waals surface area (Å²) in [5.74, 6) is 1.99. The van der Waals surface area contributed by atoms with Crippen LogP contribution in [-0.2, 0) is 4.79 Å². The smallest absolute Gasteiger partial charge is 0.303 e. The second kappa shape index (κ2) is 13.8. The van der Waals surface area contributed by atoms with E-state index in [9.17, 15) is 9.90 Å². The molecule has 6 nitrogen and oxygen atoms in total. The summed E-state index contributed by atoms with van der Waals surface area (Å²) in [5.41, 5.74) is 1.36. The number of benzene rings is 2. The molecule has 3 aromatic rings. The van der Waals surface area contributed by atoms with Gasteiger partial charge in [-0.15, -0.1) is 11.8 Å². The molecule has 2 aromatic carbocycles. The predicted molar refractivity (Wildman–Crippen MR) is 150 cm³/mol. The Morgan fingerprint density at radius 1 is 1.16 bits per heavy atom. The van der Waals surface area contributed by atoms with Crippen LogP contribution in [-0.4, -0.2) is 60.6 Å². The van der Waals surface area contributed by atoms with E-state index >= 15 is 4.39 Å². The van der Waals surface area contributed by atoms with Gasteiger partial charge in [0.1, 0.15) is 17.7 Å². The molecule has 1 aromatic heterocycles. The van der Waals surface area contributed by atoms with E-state index in [0.29, 0.717) is 24.2 Å². The molecule has 0 unspecified atom stereocenters. The standard InChI is InChI=1S/C30H37FN2O4S/c1-36-23-5-3-6-25(18-23)38-16-4-14-33-15-12-21(22(20-33)17-30(34)35)7-9-28(31)26-11-13-32-29-10-8-24(37-2)19-27(26)29/h3,5-6,8,10-11,13,18-19,21-22,28H,4,7,9,12,14-17,20H2,1-2H3,(H,34,35)/t21-,22+,28-/m1/s1. The van der Waals surface area contributed by atoms with Crippen molar-refractivity contribution in [1.82, 2.24) is 9.88 Å². The number of ether oxygens (including phenoxy) is 2.